The molecule has 0 amide bonds. The minimum Gasteiger partial charge on any atom is -0.387 e. The zero-order valence-corrected chi connectivity index (χ0v) is 15.2. The van der Waals surface area contributed by atoms with Crippen molar-refractivity contribution in [1.82, 2.24) is 0 Å². The van der Waals surface area contributed by atoms with Gasteiger partial charge in [0.05, 0.1) is 0 Å². The molecule has 2 bridgehead atoms. The number of hydrogen-bond acceptors (Lipinski definition) is 1. The third-order valence-corrected chi connectivity index (χ3v) is 8.78. The Kier molecular flexibility index (Phi) is 4.46. The van der Waals surface area contributed by atoms with E-state index in [1.165, 1.54) is 51.4 Å². The first kappa shape index (κ1) is 17.2. The predicted molar refractivity (Wildman–Crippen MR) is 92.2 cm³/mol. The minimum absolute atomic E-state index is 0.151. The van der Waals surface area contributed by atoms with Crippen molar-refractivity contribution >= 4 is 0 Å². The molecule has 1 N–H and O–H groups in total. The van der Waals surface area contributed by atoms with Crippen molar-refractivity contribution in [3.05, 3.63) is 0 Å². The van der Waals surface area contributed by atoms with Crippen molar-refractivity contribution in [1.29, 1.82) is 0 Å². The third-order valence-electron chi connectivity index (χ3n) is 8.78. The zero-order chi connectivity index (χ0) is 16.9. The molecule has 5 rings (SSSR count). The molecule has 0 radical (unpaired) electrons. The molecule has 24 heavy (non-hydrogen) atoms. The predicted octanol–water partition coefficient (Wildman–Crippen LogP) is 5.60. The van der Waals surface area contributed by atoms with Gasteiger partial charge in [0, 0.05) is 0 Å². The van der Waals surface area contributed by atoms with Crippen LogP contribution in [-0.4, -0.2) is 23.6 Å². The standard InChI is InChI=1S/C21H34F2O/c1-20-6-9-21(10-7-20,11-8-20)16-4-2-14(3-5-16)15-12-17(22)19(24)18(23)13-15/h14-19,24H,2-13H2,1H3. The number of alkyl halides is 2. The third kappa shape index (κ3) is 2.93. The summed E-state index contributed by atoms with van der Waals surface area (Å²) in [6, 6.07) is 0. The van der Waals surface area contributed by atoms with Crippen LogP contribution in [-0.2, 0) is 0 Å². The van der Waals surface area contributed by atoms with Gasteiger partial charge < -0.3 is 5.11 Å². The van der Waals surface area contributed by atoms with E-state index in [1.54, 1.807) is 0 Å². The quantitative estimate of drug-likeness (QED) is 0.693. The van der Waals surface area contributed by atoms with E-state index in [0.717, 1.165) is 18.8 Å². The second-order valence-corrected chi connectivity index (χ2v) is 10.0. The van der Waals surface area contributed by atoms with Crippen LogP contribution in [0.4, 0.5) is 8.78 Å². The maximum Gasteiger partial charge on any atom is 0.129 e. The molecule has 3 heteroatoms. The fraction of sp³-hybridized carbons (Fsp3) is 1.00. The van der Waals surface area contributed by atoms with Crippen LogP contribution in [0.2, 0.25) is 0 Å². The van der Waals surface area contributed by atoms with E-state index in [9.17, 15) is 13.9 Å². The molecule has 5 saturated carbocycles. The number of halogens is 2. The number of rotatable bonds is 2. The fourth-order valence-electron chi connectivity index (χ4n) is 6.78. The maximum absolute atomic E-state index is 13.9. The van der Waals surface area contributed by atoms with Gasteiger partial charge in [-0.05, 0) is 106 Å². The van der Waals surface area contributed by atoms with Crippen LogP contribution < -0.4 is 0 Å². The van der Waals surface area contributed by atoms with E-state index in [2.05, 4.69) is 6.92 Å². The van der Waals surface area contributed by atoms with E-state index in [1.807, 2.05) is 0 Å². The highest BCUT2D eigenvalue weighted by Crippen LogP contribution is 2.62. The summed E-state index contributed by atoms with van der Waals surface area (Å²) < 4.78 is 27.7. The average Bonchev–Trinajstić information content (AvgIpc) is 2.60. The van der Waals surface area contributed by atoms with Crippen molar-refractivity contribution in [2.75, 3.05) is 0 Å². The molecule has 0 heterocycles. The summed E-state index contributed by atoms with van der Waals surface area (Å²) in [6.45, 7) is 2.48. The number of fused-ring (bicyclic) bond motifs is 3. The molecule has 0 spiro atoms. The Morgan fingerprint density at radius 3 is 1.75 bits per heavy atom. The largest absolute Gasteiger partial charge is 0.387 e. The van der Waals surface area contributed by atoms with Crippen LogP contribution in [0.5, 0.6) is 0 Å². The molecule has 5 fully saturated rings. The fourth-order valence-corrected chi connectivity index (χ4v) is 6.78. The van der Waals surface area contributed by atoms with Gasteiger partial charge >= 0.3 is 0 Å². The SMILES string of the molecule is CC12CCC(C3CCC(C4CC(F)C(O)C(F)C4)CC3)(CC1)CC2. The highest BCUT2D eigenvalue weighted by atomic mass is 19.1. The van der Waals surface area contributed by atoms with Gasteiger partial charge in [-0.25, -0.2) is 8.78 Å². The number of hydrogen-bond donors (Lipinski definition) is 1. The average molecular weight is 340 g/mol. The summed E-state index contributed by atoms with van der Waals surface area (Å²) in [4.78, 5) is 0. The Bertz CT molecular complexity index is 420. The van der Waals surface area contributed by atoms with Crippen molar-refractivity contribution in [3.8, 4) is 0 Å². The van der Waals surface area contributed by atoms with Gasteiger partial charge in [0.2, 0.25) is 0 Å². The van der Waals surface area contributed by atoms with E-state index < -0.39 is 18.4 Å². The van der Waals surface area contributed by atoms with Crippen molar-refractivity contribution < 1.29 is 13.9 Å². The summed E-state index contributed by atoms with van der Waals surface area (Å²) >= 11 is 0. The second-order valence-electron chi connectivity index (χ2n) is 10.0. The Labute approximate surface area is 145 Å². The molecule has 0 aromatic rings. The van der Waals surface area contributed by atoms with Crippen LogP contribution in [0.15, 0.2) is 0 Å². The molecule has 2 atom stereocenters. The van der Waals surface area contributed by atoms with Crippen LogP contribution in [0.3, 0.4) is 0 Å². The second kappa shape index (κ2) is 6.21. The molecule has 0 aromatic carbocycles. The Morgan fingerprint density at radius 1 is 0.750 bits per heavy atom. The molecule has 2 unspecified atom stereocenters. The summed E-state index contributed by atoms with van der Waals surface area (Å²) in [5, 5.41) is 9.52. The maximum atomic E-state index is 13.9. The molecule has 0 saturated heterocycles. The van der Waals surface area contributed by atoms with Gasteiger partial charge in [-0.2, -0.15) is 0 Å². The first-order valence-corrected chi connectivity index (χ1v) is 10.4. The van der Waals surface area contributed by atoms with Gasteiger partial charge in [0.1, 0.15) is 18.4 Å². The first-order valence-electron chi connectivity index (χ1n) is 10.4. The highest BCUT2D eigenvalue weighted by Gasteiger charge is 2.51. The van der Waals surface area contributed by atoms with Crippen LogP contribution >= 0.6 is 0 Å². The van der Waals surface area contributed by atoms with E-state index >= 15 is 0 Å². The van der Waals surface area contributed by atoms with Gasteiger partial charge in [-0.3, -0.25) is 0 Å². The lowest BCUT2D eigenvalue weighted by Crippen LogP contribution is -2.46. The molecule has 5 aliphatic rings. The first-order chi connectivity index (χ1) is 11.4. The van der Waals surface area contributed by atoms with E-state index in [4.69, 9.17) is 0 Å². The Hall–Kier alpha value is -0.180. The van der Waals surface area contributed by atoms with Crippen molar-refractivity contribution in [2.24, 2.45) is 28.6 Å². The molecule has 5 aliphatic carbocycles. The number of aliphatic hydroxyl groups is 1. The molecule has 138 valence electrons. The van der Waals surface area contributed by atoms with Gasteiger partial charge in [-0.1, -0.05) is 6.92 Å². The van der Waals surface area contributed by atoms with Crippen molar-refractivity contribution in [3.63, 3.8) is 0 Å². The lowest BCUT2D eigenvalue weighted by atomic mass is 9.48. The van der Waals surface area contributed by atoms with Crippen LogP contribution in [0, 0.1) is 28.6 Å². The summed E-state index contributed by atoms with van der Waals surface area (Å²) in [6.07, 6.45) is 10.0. The Balaban J connectivity index is 1.34. The van der Waals surface area contributed by atoms with Crippen LogP contribution in [0.1, 0.15) is 84.0 Å². The minimum atomic E-state index is -1.38. The van der Waals surface area contributed by atoms with Gasteiger partial charge in [0.25, 0.3) is 0 Å². The molecular weight excluding hydrogens is 306 g/mol. The van der Waals surface area contributed by atoms with E-state index in [-0.39, 0.29) is 5.92 Å². The van der Waals surface area contributed by atoms with Gasteiger partial charge in [-0.15, -0.1) is 0 Å². The van der Waals surface area contributed by atoms with Gasteiger partial charge in [0.15, 0.2) is 0 Å². The smallest absolute Gasteiger partial charge is 0.129 e. The molecule has 1 nitrogen and oxygen atoms in total. The zero-order valence-electron chi connectivity index (χ0n) is 15.2. The lowest BCUT2D eigenvalue weighted by molar-refractivity contribution is -0.0692. The Morgan fingerprint density at radius 2 is 1.25 bits per heavy atom. The van der Waals surface area contributed by atoms with Crippen LogP contribution in [0.25, 0.3) is 0 Å². The molecule has 0 aromatic heterocycles. The highest BCUT2D eigenvalue weighted by molar-refractivity contribution is 5.02. The summed E-state index contributed by atoms with van der Waals surface area (Å²) in [5.41, 5.74) is 1.24. The monoisotopic (exact) mass is 340 g/mol. The number of aliphatic hydroxyl groups excluding tert-OH is 1. The molecule has 0 aliphatic heterocycles. The summed E-state index contributed by atoms with van der Waals surface area (Å²) in [7, 11) is 0. The topological polar surface area (TPSA) is 20.2 Å². The van der Waals surface area contributed by atoms with E-state index in [0.29, 0.717) is 29.6 Å². The summed E-state index contributed by atoms with van der Waals surface area (Å²) in [5.74, 6) is 1.49. The normalized spacial score (nSPS) is 55.5. The lowest BCUT2D eigenvalue weighted by Gasteiger charge is -2.57. The van der Waals surface area contributed by atoms with Crippen molar-refractivity contribution in [2.45, 2.75) is 102 Å². The molecular formula is C21H34F2O.